The smallest absolute Gasteiger partial charge is 1.00 e. The summed E-state index contributed by atoms with van der Waals surface area (Å²) in [6.07, 6.45) is 0. The maximum absolute atomic E-state index is 10.9. The zero-order valence-corrected chi connectivity index (χ0v) is 13.4. The molecule has 0 aliphatic carbocycles. The minimum absolute atomic E-state index is 0. The predicted octanol–water partition coefficient (Wildman–Crippen LogP) is -1.97. The maximum Gasteiger partial charge on any atom is 1.00 e. The number of aliphatic imine (C=N–C) groups is 1. The van der Waals surface area contributed by atoms with Crippen molar-refractivity contribution in [2.75, 3.05) is 0 Å². The molecule has 1 aromatic rings. The number of hydrogen-bond acceptors (Lipinski definition) is 6. The van der Waals surface area contributed by atoms with Gasteiger partial charge in [-0.05, 0) is 30.4 Å². The Kier molecular flexibility index (Phi) is 6.27. The third kappa shape index (κ3) is 4.84. The van der Waals surface area contributed by atoms with Crippen LogP contribution in [0.1, 0.15) is 1.43 Å². The molecular weight excluding hydrogens is 313 g/mol. The Morgan fingerprint density at radius 2 is 1.44 bits per heavy atom. The molecule has 0 saturated heterocycles. The SMILES string of the molecule is O=S(=O)(O)c1cc(N=C=S)cc(S(=O)(=O)O)c1.[H-].[Na+]. The van der Waals surface area contributed by atoms with Gasteiger partial charge in [-0.15, -0.1) is 0 Å². The van der Waals surface area contributed by atoms with Gasteiger partial charge in [0.05, 0.1) is 20.6 Å². The first-order valence-corrected chi connectivity index (χ1v) is 7.11. The van der Waals surface area contributed by atoms with E-state index < -0.39 is 30.0 Å². The molecule has 0 saturated carbocycles. The Labute approximate surface area is 132 Å². The molecule has 1 rings (SSSR count). The molecule has 0 atom stereocenters. The minimum atomic E-state index is -4.62. The fraction of sp³-hybridized carbons (Fsp3) is 0. The summed E-state index contributed by atoms with van der Waals surface area (Å²) in [5, 5.41) is 1.90. The number of thiocarbonyl (C=S) groups is 1. The summed E-state index contributed by atoms with van der Waals surface area (Å²) < 4.78 is 61.0. The summed E-state index contributed by atoms with van der Waals surface area (Å²) >= 11 is 4.27. The van der Waals surface area contributed by atoms with Crippen LogP contribution in [0, 0.1) is 0 Å². The maximum atomic E-state index is 10.9. The Bertz CT molecular complexity index is 660. The van der Waals surface area contributed by atoms with Crippen LogP contribution in [0.4, 0.5) is 5.69 Å². The van der Waals surface area contributed by atoms with Gasteiger partial charge in [-0.2, -0.15) is 21.8 Å². The van der Waals surface area contributed by atoms with Crippen LogP contribution < -0.4 is 29.6 Å². The van der Waals surface area contributed by atoms with Gasteiger partial charge in [0.2, 0.25) is 0 Å². The van der Waals surface area contributed by atoms with Gasteiger partial charge in [0.15, 0.2) is 0 Å². The van der Waals surface area contributed by atoms with Crippen LogP contribution in [-0.2, 0) is 20.2 Å². The molecule has 0 unspecified atom stereocenters. The molecule has 0 aliphatic heterocycles. The van der Waals surface area contributed by atoms with Gasteiger partial charge in [0.1, 0.15) is 0 Å². The minimum Gasteiger partial charge on any atom is -1.00 e. The van der Waals surface area contributed by atoms with E-state index in [-0.39, 0.29) is 36.7 Å². The fourth-order valence-corrected chi connectivity index (χ4v) is 2.24. The Hall–Kier alpha value is -0.160. The van der Waals surface area contributed by atoms with E-state index in [4.69, 9.17) is 9.11 Å². The number of isothiocyanates is 1. The molecule has 0 spiro atoms. The number of benzene rings is 1. The number of rotatable bonds is 3. The summed E-state index contributed by atoms with van der Waals surface area (Å²) in [7, 11) is -9.25. The summed E-state index contributed by atoms with van der Waals surface area (Å²) in [4.78, 5) is 1.92. The van der Waals surface area contributed by atoms with Crippen LogP contribution in [0.5, 0.6) is 0 Å². The van der Waals surface area contributed by atoms with E-state index in [1.54, 1.807) is 0 Å². The predicted molar refractivity (Wildman–Crippen MR) is 61.9 cm³/mol. The van der Waals surface area contributed by atoms with Crippen molar-refractivity contribution in [3.8, 4) is 0 Å². The van der Waals surface area contributed by atoms with Crippen LogP contribution in [0.3, 0.4) is 0 Å². The monoisotopic (exact) mass is 319 g/mol. The molecular formula is C7H6NNaO6S3. The van der Waals surface area contributed by atoms with Crippen molar-refractivity contribution in [3.05, 3.63) is 18.2 Å². The van der Waals surface area contributed by atoms with E-state index in [0.29, 0.717) is 6.07 Å². The van der Waals surface area contributed by atoms with Crippen LogP contribution in [0.15, 0.2) is 33.0 Å². The topological polar surface area (TPSA) is 121 Å². The van der Waals surface area contributed by atoms with Gasteiger partial charge in [-0.3, -0.25) is 9.11 Å². The second-order valence-corrected chi connectivity index (χ2v) is 5.84. The van der Waals surface area contributed by atoms with Gasteiger partial charge in [0, 0.05) is 0 Å². The molecule has 0 aliphatic rings. The second-order valence-electron chi connectivity index (χ2n) is 2.82. The third-order valence-electron chi connectivity index (χ3n) is 1.64. The molecule has 0 amide bonds. The molecule has 0 aromatic heterocycles. The molecule has 1 aromatic carbocycles. The van der Waals surface area contributed by atoms with Gasteiger partial charge in [-0.25, -0.2) is 0 Å². The summed E-state index contributed by atoms with van der Waals surface area (Å²) in [5.41, 5.74) is -0.178. The average Bonchev–Trinajstić information content (AvgIpc) is 2.15. The summed E-state index contributed by atoms with van der Waals surface area (Å²) in [6.45, 7) is 0. The standard InChI is InChI=1S/C7H5NO6S3.Na.H/c9-16(10,11)6-1-5(8-4-15)2-7(3-6)17(12,13)14;;/h1-3H,(H,9,10,11)(H,12,13,14);;/q;+1;-1. The Morgan fingerprint density at radius 1 is 1.06 bits per heavy atom. The summed E-state index contributed by atoms with van der Waals surface area (Å²) in [6, 6.07) is 2.35. The van der Waals surface area contributed by atoms with Crippen molar-refractivity contribution >= 4 is 43.3 Å². The van der Waals surface area contributed by atoms with Crippen molar-refractivity contribution in [2.24, 2.45) is 4.99 Å². The number of nitrogens with zero attached hydrogens (tertiary/aromatic N) is 1. The van der Waals surface area contributed by atoms with Gasteiger partial charge >= 0.3 is 29.6 Å². The van der Waals surface area contributed by atoms with E-state index in [1.165, 1.54) is 0 Å². The van der Waals surface area contributed by atoms with Crippen LogP contribution in [-0.4, -0.2) is 31.1 Å². The molecule has 2 N–H and O–H groups in total. The van der Waals surface area contributed by atoms with Crippen LogP contribution >= 0.6 is 12.2 Å². The molecule has 7 nitrogen and oxygen atoms in total. The molecule has 0 radical (unpaired) electrons. The van der Waals surface area contributed by atoms with Crippen molar-refractivity contribution in [2.45, 2.75) is 9.79 Å². The molecule has 0 bridgehead atoms. The zero-order valence-electron chi connectivity index (χ0n) is 9.93. The average molecular weight is 319 g/mol. The van der Waals surface area contributed by atoms with E-state index in [0.717, 1.165) is 12.1 Å². The van der Waals surface area contributed by atoms with E-state index in [9.17, 15) is 16.8 Å². The second kappa shape index (κ2) is 6.33. The van der Waals surface area contributed by atoms with Gasteiger partial charge in [-0.1, -0.05) is 0 Å². The van der Waals surface area contributed by atoms with Crippen molar-refractivity contribution in [1.82, 2.24) is 0 Å². The van der Waals surface area contributed by atoms with Crippen LogP contribution in [0.2, 0.25) is 0 Å². The van der Waals surface area contributed by atoms with Crippen molar-refractivity contribution in [1.29, 1.82) is 0 Å². The van der Waals surface area contributed by atoms with Crippen molar-refractivity contribution < 1.29 is 56.9 Å². The fourth-order valence-electron chi connectivity index (χ4n) is 0.972. The first-order chi connectivity index (χ1) is 7.64. The van der Waals surface area contributed by atoms with Crippen molar-refractivity contribution in [3.63, 3.8) is 0 Å². The quantitative estimate of drug-likeness (QED) is 0.287. The molecule has 11 heteroatoms. The third-order valence-corrected chi connectivity index (χ3v) is 3.39. The van der Waals surface area contributed by atoms with E-state index >= 15 is 0 Å². The van der Waals surface area contributed by atoms with Gasteiger partial charge < -0.3 is 1.43 Å². The first kappa shape index (κ1) is 17.8. The van der Waals surface area contributed by atoms with E-state index in [2.05, 4.69) is 17.2 Å². The first-order valence-electron chi connectivity index (χ1n) is 3.82. The largest absolute Gasteiger partial charge is 1.00 e. The number of hydrogen-bond donors (Lipinski definition) is 2. The molecule has 94 valence electrons. The molecule has 0 heterocycles. The summed E-state index contributed by atoms with van der Waals surface area (Å²) in [5.74, 6) is 0. The normalized spacial score (nSPS) is 11.2. The van der Waals surface area contributed by atoms with Gasteiger partial charge in [0.25, 0.3) is 20.2 Å². The molecule has 0 fully saturated rings. The Morgan fingerprint density at radius 3 is 1.72 bits per heavy atom. The molecule has 18 heavy (non-hydrogen) atoms. The Balaban J connectivity index is 0. The van der Waals surface area contributed by atoms with E-state index in [1.807, 2.05) is 5.16 Å². The zero-order chi connectivity index (χ0) is 13.3. The van der Waals surface area contributed by atoms with Crippen LogP contribution in [0.25, 0.3) is 0 Å².